The molecule has 0 heterocycles. The maximum atomic E-state index is 12.4. The van der Waals surface area contributed by atoms with Gasteiger partial charge >= 0.3 is 5.97 Å². The van der Waals surface area contributed by atoms with Crippen LogP contribution in [0.15, 0.2) is 42.5 Å². The predicted octanol–water partition coefficient (Wildman–Crippen LogP) is 2.01. The van der Waals surface area contributed by atoms with E-state index in [9.17, 15) is 14.4 Å². The quantitative estimate of drug-likeness (QED) is 0.602. The van der Waals surface area contributed by atoms with Crippen LogP contribution in [0.25, 0.3) is 0 Å². The van der Waals surface area contributed by atoms with Crippen molar-refractivity contribution in [1.82, 2.24) is 5.32 Å². The maximum Gasteiger partial charge on any atom is 0.326 e. The number of nitrogens with one attached hydrogen (secondary N) is 2. The number of carbonyl (C=O) groups is 3. The molecule has 1 atom stereocenters. The van der Waals surface area contributed by atoms with Gasteiger partial charge in [0.2, 0.25) is 0 Å². The average molecular weight is 416 g/mol. The third-order valence-corrected chi connectivity index (χ3v) is 4.09. The molecule has 30 heavy (non-hydrogen) atoms. The molecular weight excluding hydrogens is 392 g/mol. The summed E-state index contributed by atoms with van der Waals surface area (Å²) in [5, 5.41) is 5.06. The van der Waals surface area contributed by atoms with Crippen LogP contribution in [0.1, 0.15) is 17.3 Å². The standard InChI is InChI=1S/C21H24N2O7/c1-13(20(25)23-16-11-14(27-2)9-10-18(16)29-4)30-19(24)12-22-21(26)15-7-5-6-8-17(15)28-3/h5-11,13H,12H2,1-4H3,(H,22,26)(H,23,25). The van der Waals surface area contributed by atoms with Gasteiger partial charge in [-0.3, -0.25) is 14.4 Å². The zero-order valence-corrected chi connectivity index (χ0v) is 17.2. The zero-order chi connectivity index (χ0) is 22.1. The van der Waals surface area contributed by atoms with E-state index >= 15 is 0 Å². The largest absolute Gasteiger partial charge is 0.497 e. The van der Waals surface area contributed by atoms with E-state index in [4.69, 9.17) is 18.9 Å². The van der Waals surface area contributed by atoms with E-state index in [1.54, 1.807) is 42.5 Å². The summed E-state index contributed by atoms with van der Waals surface area (Å²) in [6, 6.07) is 11.5. The summed E-state index contributed by atoms with van der Waals surface area (Å²) in [4.78, 5) is 36.6. The molecule has 1 unspecified atom stereocenters. The average Bonchev–Trinajstić information content (AvgIpc) is 2.77. The Balaban J connectivity index is 1.91. The van der Waals surface area contributed by atoms with Gasteiger partial charge in [0.1, 0.15) is 23.8 Å². The lowest BCUT2D eigenvalue weighted by molar-refractivity contribution is -0.152. The van der Waals surface area contributed by atoms with E-state index in [0.717, 1.165) is 0 Å². The monoisotopic (exact) mass is 416 g/mol. The summed E-state index contributed by atoms with van der Waals surface area (Å²) < 4.78 is 20.5. The van der Waals surface area contributed by atoms with E-state index in [1.807, 2.05) is 0 Å². The van der Waals surface area contributed by atoms with Gasteiger partial charge in [0, 0.05) is 6.07 Å². The SMILES string of the molecule is COc1ccc(OC)c(NC(=O)C(C)OC(=O)CNC(=O)c2ccccc2OC)c1. The van der Waals surface area contributed by atoms with Crippen molar-refractivity contribution in [2.75, 3.05) is 33.2 Å². The maximum absolute atomic E-state index is 12.4. The number of rotatable bonds is 9. The molecule has 9 nitrogen and oxygen atoms in total. The van der Waals surface area contributed by atoms with Gasteiger partial charge < -0.3 is 29.6 Å². The number of methoxy groups -OCH3 is 3. The van der Waals surface area contributed by atoms with E-state index in [1.165, 1.54) is 28.3 Å². The van der Waals surface area contributed by atoms with Gasteiger partial charge in [-0.1, -0.05) is 12.1 Å². The van der Waals surface area contributed by atoms with Crippen molar-refractivity contribution in [1.29, 1.82) is 0 Å². The fourth-order valence-electron chi connectivity index (χ4n) is 2.52. The summed E-state index contributed by atoms with van der Waals surface area (Å²) in [5.74, 6) is -0.503. The number of hydrogen-bond donors (Lipinski definition) is 2. The Hall–Kier alpha value is -3.75. The first-order valence-corrected chi connectivity index (χ1v) is 9.03. The Morgan fingerprint density at radius 2 is 1.63 bits per heavy atom. The van der Waals surface area contributed by atoms with Gasteiger partial charge in [-0.2, -0.15) is 0 Å². The van der Waals surface area contributed by atoms with Crippen molar-refractivity contribution in [3.8, 4) is 17.2 Å². The third-order valence-electron chi connectivity index (χ3n) is 4.09. The lowest BCUT2D eigenvalue weighted by atomic mass is 10.2. The number of amides is 2. The first-order valence-electron chi connectivity index (χ1n) is 9.03. The molecule has 0 fully saturated rings. The molecule has 0 saturated heterocycles. The van der Waals surface area contributed by atoms with Crippen LogP contribution in [-0.4, -0.2) is 51.8 Å². The van der Waals surface area contributed by atoms with Crippen LogP contribution in [0.5, 0.6) is 17.2 Å². The number of ether oxygens (including phenoxy) is 4. The third kappa shape index (κ3) is 5.87. The Bertz CT molecular complexity index is 914. The van der Waals surface area contributed by atoms with Crippen LogP contribution in [-0.2, 0) is 14.3 Å². The normalized spacial score (nSPS) is 11.1. The van der Waals surface area contributed by atoms with Crippen molar-refractivity contribution in [3.05, 3.63) is 48.0 Å². The van der Waals surface area contributed by atoms with Gasteiger partial charge in [0.25, 0.3) is 11.8 Å². The van der Waals surface area contributed by atoms with Crippen LogP contribution in [0.4, 0.5) is 5.69 Å². The molecule has 2 amide bonds. The fraction of sp³-hybridized carbons (Fsp3) is 0.286. The molecule has 0 radical (unpaired) electrons. The van der Waals surface area contributed by atoms with E-state index in [2.05, 4.69) is 10.6 Å². The van der Waals surface area contributed by atoms with Crippen LogP contribution >= 0.6 is 0 Å². The molecule has 0 aromatic heterocycles. The van der Waals surface area contributed by atoms with Crippen LogP contribution in [0.3, 0.4) is 0 Å². The Morgan fingerprint density at radius 3 is 2.30 bits per heavy atom. The molecule has 0 spiro atoms. The minimum Gasteiger partial charge on any atom is -0.497 e. The van der Waals surface area contributed by atoms with Crippen molar-refractivity contribution < 1.29 is 33.3 Å². The highest BCUT2D eigenvalue weighted by molar-refractivity contribution is 5.99. The highest BCUT2D eigenvalue weighted by Gasteiger charge is 2.20. The van der Waals surface area contributed by atoms with Gasteiger partial charge in [0.15, 0.2) is 6.10 Å². The minimum atomic E-state index is -1.10. The molecule has 0 aliphatic carbocycles. The van der Waals surface area contributed by atoms with Crippen molar-refractivity contribution in [3.63, 3.8) is 0 Å². The number of benzene rings is 2. The van der Waals surface area contributed by atoms with Gasteiger partial charge in [-0.25, -0.2) is 0 Å². The molecule has 2 aromatic carbocycles. The Morgan fingerprint density at radius 1 is 0.933 bits per heavy atom. The first-order chi connectivity index (χ1) is 14.4. The molecular formula is C21H24N2O7. The zero-order valence-electron chi connectivity index (χ0n) is 17.2. The first kappa shape index (κ1) is 22.5. The minimum absolute atomic E-state index is 0.281. The van der Waals surface area contributed by atoms with Crippen LogP contribution < -0.4 is 24.8 Å². The number of carbonyl (C=O) groups excluding carboxylic acids is 3. The van der Waals surface area contributed by atoms with Crippen molar-refractivity contribution in [2.45, 2.75) is 13.0 Å². The van der Waals surface area contributed by atoms with Gasteiger partial charge in [0.05, 0.1) is 32.6 Å². The summed E-state index contributed by atoms with van der Waals surface area (Å²) in [7, 11) is 4.40. The second kappa shape index (κ2) is 10.7. The summed E-state index contributed by atoms with van der Waals surface area (Å²) in [6.07, 6.45) is -1.10. The Labute approximate surface area is 174 Å². The van der Waals surface area contributed by atoms with Crippen LogP contribution in [0, 0.1) is 0 Å². The molecule has 0 saturated carbocycles. The molecule has 160 valence electrons. The van der Waals surface area contributed by atoms with Gasteiger partial charge in [-0.05, 0) is 31.2 Å². The Kier molecular flexibility index (Phi) is 8.04. The second-order valence-corrected chi connectivity index (χ2v) is 6.07. The topological polar surface area (TPSA) is 112 Å². The summed E-state index contributed by atoms with van der Waals surface area (Å²) in [6.45, 7) is 1.01. The molecule has 0 aliphatic heterocycles. The molecule has 2 rings (SSSR count). The van der Waals surface area contributed by atoms with Crippen LogP contribution in [0.2, 0.25) is 0 Å². The molecule has 2 aromatic rings. The molecule has 0 aliphatic rings. The molecule has 9 heteroatoms. The molecule has 2 N–H and O–H groups in total. The summed E-state index contributed by atoms with van der Waals surface area (Å²) >= 11 is 0. The van der Waals surface area contributed by atoms with E-state index in [0.29, 0.717) is 22.9 Å². The second-order valence-electron chi connectivity index (χ2n) is 6.07. The predicted molar refractivity (Wildman–Crippen MR) is 109 cm³/mol. The van der Waals surface area contributed by atoms with Crippen molar-refractivity contribution >= 4 is 23.5 Å². The van der Waals surface area contributed by atoms with Gasteiger partial charge in [-0.15, -0.1) is 0 Å². The lowest BCUT2D eigenvalue weighted by Gasteiger charge is -2.16. The number of hydrogen-bond acceptors (Lipinski definition) is 7. The molecule has 0 bridgehead atoms. The summed E-state index contributed by atoms with van der Waals surface area (Å²) in [5.41, 5.74) is 0.651. The lowest BCUT2D eigenvalue weighted by Crippen LogP contribution is -2.36. The fourth-order valence-corrected chi connectivity index (χ4v) is 2.52. The van der Waals surface area contributed by atoms with E-state index < -0.39 is 30.4 Å². The smallest absolute Gasteiger partial charge is 0.326 e. The van der Waals surface area contributed by atoms with Crippen molar-refractivity contribution in [2.24, 2.45) is 0 Å². The number of esters is 1. The highest BCUT2D eigenvalue weighted by Crippen LogP contribution is 2.29. The highest BCUT2D eigenvalue weighted by atomic mass is 16.5. The van der Waals surface area contributed by atoms with E-state index in [-0.39, 0.29) is 5.56 Å². The number of anilines is 1. The number of para-hydroxylation sites is 1.